The summed E-state index contributed by atoms with van der Waals surface area (Å²) >= 11 is 0. The van der Waals surface area contributed by atoms with Crippen LogP contribution in [0.15, 0.2) is 78.9 Å². The molecule has 0 radical (unpaired) electrons. The molecule has 41 heavy (non-hydrogen) atoms. The van der Waals surface area contributed by atoms with Gasteiger partial charge in [-0.05, 0) is 43.9 Å². The molecule has 6 nitrogen and oxygen atoms in total. The van der Waals surface area contributed by atoms with Crippen molar-refractivity contribution in [3.8, 4) is 5.75 Å². The Labute approximate surface area is 236 Å². The van der Waals surface area contributed by atoms with E-state index in [9.17, 15) is 22.8 Å². The summed E-state index contributed by atoms with van der Waals surface area (Å²) in [6.07, 6.45) is -3.30. The number of hydrogen-bond donors (Lipinski definition) is 0. The van der Waals surface area contributed by atoms with Gasteiger partial charge in [0.15, 0.2) is 0 Å². The first kappa shape index (κ1) is 28.3. The lowest BCUT2D eigenvalue weighted by atomic mass is 9.90. The molecule has 1 saturated carbocycles. The van der Waals surface area contributed by atoms with E-state index in [0.717, 1.165) is 22.4 Å². The van der Waals surface area contributed by atoms with Gasteiger partial charge < -0.3 is 18.9 Å². The maximum Gasteiger partial charge on any atom is 0.471 e. The van der Waals surface area contributed by atoms with Crippen LogP contribution in [0.25, 0.3) is 10.9 Å². The lowest BCUT2D eigenvalue weighted by Crippen LogP contribution is -2.49. The molecule has 0 spiro atoms. The molecule has 1 heterocycles. The average Bonchev–Trinajstić information content (AvgIpc) is 3.24. The monoisotopic (exact) mass is 564 g/mol. The molecule has 1 aliphatic carbocycles. The van der Waals surface area contributed by atoms with Gasteiger partial charge in [0, 0.05) is 34.6 Å². The number of hydrogen-bond acceptors (Lipinski definition) is 4. The van der Waals surface area contributed by atoms with Crippen LogP contribution in [0.2, 0.25) is 0 Å². The molecule has 1 fully saturated rings. The van der Waals surface area contributed by atoms with Crippen molar-refractivity contribution in [1.29, 1.82) is 0 Å². The number of esters is 1. The van der Waals surface area contributed by atoms with E-state index >= 15 is 0 Å². The van der Waals surface area contributed by atoms with Gasteiger partial charge >= 0.3 is 18.1 Å². The van der Waals surface area contributed by atoms with E-state index in [-0.39, 0.29) is 25.4 Å². The van der Waals surface area contributed by atoms with Gasteiger partial charge in [0.05, 0.1) is 13.2 Å². The summed E-state index contributed by atoms with van der Waals surface area (Å²) in [7, 11) is 0. The minimum absolute atomic E-state index is 0.0877. The molecule has 0 atom stereocenters. The predicted molar refractivity (Wildman–Crippen MR) is 148 cm³/mol. The summed E-state index contributed by atoms with van der Waals surface area (Å²) in [5.74, 6) is -1.93. The highest BCUT2D eigenvalue weighted by Gasteiger charge is 2.46. The van der Waals surface area contributed by atoms with Crippen LogP contribution in [-0.4, -0.2) is 40.2 Å². The van der Waals surface area contributed by atoms with Crippen LogP contribution < -0.4 is 4.74 Å². The first-order chi connectivity index (χ1) is 19.8. The van der Waals surface area contributed by atoms with Crippen LogP contribution in [0.4, 0.5) is 13.2 Å². The Hall–Kier alpha value is -4.27. The molecule has 9 heteroatoms. The number of amides is 1. The van der Waals surface area contributed by atoms with Crippen LogP contribution in [-0.2, 0) is 29.2 Å². The van der Waals surface area contributed by atoms with E-state index in [0.29, 0.717) is 41.7 Å². The first-order valence-corrected chi connectivity index (χ1v) is 13.7. The van der Waals surface area contributed by atoms with Crippen molar-refractivity contribution in [3.63, 3.8) is 0 Å². The summed E-state index contributed by atoms with van der Waals surface area (Å²) in [5.41, 5.74) is 2.89. The van der Waals surface area contributed by atoms with Crippen LogP contribution in [0.1, 0.15) is 53.4 Å². The number of carbonyl (C=O) groups is 2. The van der Waals surface area contributed by atoms with Gasteiger partial charge in [0.1, 0.15) is 18.1 Å². The zero-order valence-electron chi connectivity index (χ0n) is 22.7. The highest BCUT2D eigenvalue weighted by molar-refractivity contribution is 5.99. The van der Waals surface area contributed by atoms with E-state index in [1.54, 1.807) is 29.7 Å². The Morgan fingerprint density at radius 1 is 0.951 bits per heavy atom. The van der Waals surface area contributed by atoms with E-state index in [1.165, 1.54) is 0 Å². The number of rotatable bonds is 10. The summed E-state index contributed by atoms with van der Waals surface area (Å²) in [5, 5.41) is 0.595. The Balaban J connectivity index is 1.58. The molecule has 0 unspecified atom stereocenters. The van der Waals surface area contributed by atoms with Gasteiger partial charge in [-0.1, -0.05) is 66.7 Å². The highest BCUT2D eigenvalue weighted by atomic mass is 19.4. The van der Waals surface area contributed by atoms with Crippen molar-refractivity contribution < 1.29 is 32.2 Å². The van der Waals surface area contributed by atoms with Gasteiger partial charge in [-0.25, -0.2) is 4.79 Å². The molecule has 0 bridgehead atoms. The maximum atomic E-state index is 13.6. The Morgan fingerprint density at radius 3 is 2.32 bits per heavy atom. The standard InChI is InChI=1S/C32H31F3N2O4/c1-2-40-30(38)29-26(20-36(24-14-10-15-24)31(39)32(33,34)35)25-16-7-8-17-27(25)37(29)19-23-13-6-9-18-28(23)41-21-22-11-4-3-5-12-22/h3-9,11-13,16-18,24H,2,10,14-15,19-21H2,1H3. The number of halogens is 3. The zero-order chi connectivity index (χ0) is 29.0. The largest absolute Gasteiger partial charge is 0.489 e. The van der Waals surface area contributed by atoms with Crippen LogP contribution in [0, 0.1) is 0 Å². The number of fused-ring (bicyclic) bond motifs is 1. The van der Waals surface area contributed by atoms with Crippen LogP contribution in [0.5, 0.6) is 5.75 Å². The molecule has 0 aliphatic heterocycles. The van der Waals surface area contributed by atoms with Crippen molar-refractivity contribution in [2.75, 3.05) is 6.61 Å². The number of nitrogens with zero attached hydrogens (tertiary/aromatic N) is 2. The molecular formula is C32H31F3N2O4. The predicted octanol–water partition coefficient (Wildman–Crippen LogP) is 6.89. The molecule has 3 aromatic carbocycles. The van der Waals surface area contributed by atoms with Crippen LogP contribution >= 0.6 is 0 Å². The van der Waals surface area contributed by atoms with Gasteiger partial charge in [0.2, 0.25) is 0 Å². The quantitative estimate of drug-likeness (QED) is 0.197. The van der Waals surface area contributed by atoms with Crippen molar-refractivity contribution >= 4 is 22.8 Å². The summed E-state index contributed by atoms with van der Waals surface area (Å²) in [6, 6.07) is 23.8. The Morgan fingerprint density at radius 2 is 1.63 bits per heavy atom. The summed E-state index contributed by atoms with van der Waals surface area (Å²) in [4.78, 5) is 26.9. The Bertz CT molecular complexity index is 1530. The third-order valence-corrected chi connectivity index (χ3v) is 7.43. The fourth-order valence-electron chi connectivity index (χ4n) is 5.21. The smallest absolute Gasteiger partial charge is 0.471 e. The molecule has 5 rings (SSSR count). The molecule has 0 N–H and O–H groups in total. The second-order valence-electron chi connectivity index (χ2n) is 10.0. The van der Waals surface area contributed by atoms with Crippen molar-refractivity contribution in [2.24, 2.45) is 0 Å². The fraction of sp³-hybridized carbons (Fsp3) is 0.312. The molecule has 1 aromatic heterocycles. The SMILES string of the molecule is CCOC(=O)c1c(CN(C(=O)C(F)(F)F)C2CCC2)c2ccccc2n1Cc1ccccc1OCc1ccccc1. The maximum absolute atomic E-state index is 13.6. The van der Waals surface area contributed by atoms with Gasteiger partial charge in [-0.15, -0.1) is 0 Å². The molecule has 0 saturated heterocycles. The van der Waals surface area contributed by atoms with E-state index < -0.39 is 24.1 Å². The molecular weight excluding hydrogens is 533 g/mol. The number of carbonyl (C=O) groups excluding carboxylic acids is 2. The molecule has 1 amide bonds. The normalized spacial score (nSPS) is 13.6. The minimum atomic E-state index is -5.02. The average molecular weight is 565 g/mol. The van der Waals surface area contributed by atoms with Crippen LogP contribution in [0.3, 0.4) is 0 Å². The van der Waals surface area contributed by atoms with Crippen molar-refractivity contribution in [3.05, 3.63) is 101 Å². The number of alkyl halides is 3. The van der Waals surface area contributed by atoms with E-state index in [2.05, 4.69) is 0 Å². The topological polar surface area (TPSA) is 60.8 Å². The summed E-state index contributed by atoms with van der Waals surface area (Å²) < 4.78 is 54.2. The van der Waals surface area contributed by atoms with Crippen molar-refractivity contribution in [1.82, 2.24) is 9.47 Å². The minimum Gasteiger partial charge on any atom is -0.489 e. The van der Waals surface area contributed by atoms with Gasteiger partial charge in [-0.3, -0.25) is 4.79 Å². The number of benzene rings is 3. The number of para-hydroxylation sites is 2. The second kappa shape index (κ2) is 12.1. The third kappa shape index (κ3) is 6.09. The molecule has 4 aromatic rings. The van der Waals surface area contributed by atoms with Gasteiger partial charge in [0.25, 0.3) is 0 Å². The lowest BCUT2D eigenvalue weighted by molar-refractivity contribution is -0.190. The second-order valence-corrected chi connectivity index (χ2v) is 10.0. The van der Waals surface area contributed by atoms with Gasteiger partial charge in [-0.2, -0.15) is 13.2 Å². The molecule has 214 valence electrons. The van der Waals surface area contributed by atoms with Crippen molar-refractivity contribution in [2.45, 2.75) is 58.1 Å². The molecule has 1 aliphatic rings. The fourth-order valence-corrected chi connectivity index (χ4v) is 5.21. The number of aromatic nitrogens is 1. The van der Waals surface area contributed by atoms with E-state index in [1.807, 2.05) is 60.7 Å². The third-order valence-electron chi connectivity index (χ3n) is 7.43. The summed E-state index contributed by atoms with van der Waals surface area (Å²) in [6.45, 7) is 1.96. The first-order valence-electron chi connectivity index (χ1n) is 13.7. The highest BCUT2D eigenvalue weighted by Crippen LogP contribution is 2.35. The lowest BCUT2D eigenvalue weighted by Gasteiger charge is -2.38. The number of ether oxygens (including phenoxy) is 2. The van der Waals surface area contributed by atoms with E-state index in [4.69, 9.17) is 9.47 Å². The zero-order valence-corrected chi connectivity index (χ0v) is 22.7. The Kier molecular flexibility index (Phi) is 8.33.